The summed E-state index contributed by atoms with van der Waals surface area (Å²) in [6.07, 6.45) is -0.719. The largest absolute Gasteiger partial charge is 0.507 e. The van der Waals surface area contributed by atoms with E-state index in [1.54, 1.807) is 43.5 Å². The van der Waals surface area contributed by atoms with E-state index in [9.17, 15) is 15.0 Å². The van der Waals surface area contributed by atoms with Crippen molar-refractivity contribution in [1.82, 2.24) is 0 Å². The zero-order valence-electron chi connectivity index (χ0n) is 16.5. The number of methoxy groups -OCH3 is 1. The van der Waals surface area contributed by atoms with E-state index in [1.807, 2.05) is 31.2 Å². The molecule has 1 amide bonds. The molecule has 6 nitrogen and oxygen atoms in total. The number of phenols is 1. The first kappa shape index (κ1) is 20.5. The molecule has 0 spiro atoms. The smallest absolute Gasteiger partial charge is 0.412 e. The Morgan fingerprint density at radius 1 is 1.03 bits per heavy atom. The number of fused-ring (bicyclic) bond motifs is 1. The van der Waals surface area contributed by atoms with E-state index >= 15 is 0 Å². The molecule has 3 N–H and O–H groups in total. The van der Waals surface area contributed by atoms with E-state index in [0.717, 1.165) is 10.9 Å². The summed E-state index contributed by atoms with van der Waals surface area (Å²) in [4.78, 5) is 12.6. The van der Waals surface area contributed by atoms with Crippen LogP contribution >= 0.6 is 0 Å². The maximum absolute atomic E-state index is 12.6. The van der Waals surface area contributed by atoms with Crippen molar-refractivity contribution in [1.29, 1.82) is 0 Å². The molecule has 0 aromatic heterocycles. The molecule has 0 heterocycles. The minimum Gasteiger partial charge on any atom is -0.507 e. The fraction of sp³-hybridized carbons (Fsp3) is 0.261. The van der Waals surface area contributed by atoms with E-state index in [-0.39, 0.29) is 18.3 Å². The van der Waals surface area contributed by atoms with Crippen LogP contribution in [0, 0.1) is 5.92 Å². The molecule has 0 saturated carbocycles. The highest BCUT2D eigenvalue weighted by atomic mass is 16.6. The van der Waals surface area contributed by atoms with Gasteiger partial charge in [-0.2, -0.15) is 0 Å². The summed E-state index contributed by atoms with van der Waals surface area (Å²) in [6.45, 7) is 1.90. The Balaban J connectivity index is 1.88. The van der Waals surface area contributed by atoms with Crippen molar-refractivity contribution < 1.29 is 24.5 Å². The lowest BCUT2D eigenvalue weighted by Gasteiger charge is -2.25. The second kappa shape index (κ2) is 9.30. The van der Waals surface area contributed by atoms with Gasteiger partial charge in [-0.1, -0.05) is 37.3 Å². The van der Waals surface area contributed by atoms with E-state index in [4.69, 9.17) is 9.47 Å². The molecule has 3 rings (SSSR count). The number of rotatable bonds is 7. The number of anilines is 1. The quantitative estimate of drug-likeness (QED) is 0.532. The van der Waals surface area contributed by atoms with Gasteiger partial charge in [-0.15, -0.1) is 0 Å². The first-order valence-corrected chi connectivity index (χ1v) is 9.46. The lowest BCUT2D eigenvalue weighted by atomic mass is 9.91. The molecular weight excluding hydrogens is 370 g/mol. The molecule has 3 aromatic rings. The third-order valence-corrected chi connectivity index (χ3v) is 4.91. The van der Waals surface area contributed by atoms with Gasteiger partial charge >= 0.3 is 6.09 Å². The zero-order chi connectivity index (χ0) is 20.8. The molecule has 2 atom stereocenters. The Labute approximate surface area is 169 Å². The summed E-state index contributed by atoms with van der Waals surface area (Å²) in [6, 6.07) is 17.7. The van der Waals surface area contributed by atoms with Crippen LogP contribution in [0.4, 0.5) is 10.5 Å². The number of phenolic OH excluding ortho intramolecular Hbond substituents is 1. The molecule has 6 heteroatoms. The fourth-order valence-electron chi connectivity index (χ4n) is 3.33. The van der Waals surface area contributed by atoms with Gasteiger partial charge < -0.3 is 19.7 Å². The first-order valence-electron chi connectivity index (χ1n) is 9.46. The molecular formula is C23H25NO5. The van der Waals surface area contributed by atoms with Crippen molar-refractivity contribution in [2.24, 2.45) is 5.92 Å². The molecule has 0 fully saturated rings. The molecule has 3 aromatic carbocycles. The van der Waals surface area contributed by atoms with Crippen LogP contribution < -0.4 is 10.1 Å². The predicted octanol–water partition coefficient (Wildman–Crippen LogP) is 4.86. The Kier molecular flexibility index (Phi) is 6.57. The minimum absolute atomic E-state index is 0.0167. The number of benzene rings is 3. The molecule has 0 saturated heterocycles. The second-order valence-corrected chi connectivity index (χ2v) is 6.89. The van der Waals surface area contributed by atoms with Crippen LogP contribution in [0.3, 0.4) is 0 Å². The maximum Gasteiger partial charge on any atom is 0.412 e. The normalized spacial score (nSPS) is 12.9. The molecule has 0 aliphatic carbocycles. The highest BCUT2D eigenvalue weighted by molar-refractivity contribution is 5.91. The Morgan fingerprint density at radius 2 is 1.72 bits per heavy atom. The van der Waals surface area contributed by atoms with Gasteiger partial charge in [0.15, 0.2) is 0 Å². The van der Waals surface area contributed by atoms with Gasteiger partial charge in [-0.25, -0.2) is 4.79 Å². The Morgan fingerprint density at radius 3 is 2.38 bits per heavy atom. The van der Waals surface area contributed by atoms with Crippen LogP contribution in [0.2, 0.25) is 0 Å². The van der Waals surface area contributed by atoms with Crippen molar-refractivity contribution >= 4 is 22.6 Å². The van der Waals surface area contributed by atoms with Crippen LogP contribution in [0.1, 0.15) is 25.0 Å². The minimum atomic E-state index is -0.595. The number of carbonyl (C=O) groups excluding carboxylic acids is 1. The molecule has 0 bridgehead atoms. The van der Waals surface area contributed by atoms with Crippen LogP contribution in [0.5, 0.6) is 11.5 Å². The summed E-state index contributed by atoms with van der Waals surface area (Å²) in [5, 5.41) is 23.8. The van der Waals surface area contributed by atoms with E-state index in [0.29, 0.717) is 23.2 Å². The number of aliphatic hydroxyl groups excluding tert-OH is 1. The number of aromatic hydroxyl groups is 1. The highest BCUT2D eigenvalue weighted by Gasteiger charge is 2.26. The van der Waals surface area contributed by atoms with Gasteiger partial charge in [0.1, 0.15) is 17.6 Å². The summed E-state index contributed by atoms with van der Waals surface area (Å²) < 4.78 is 10.9. The Hall–Kier alpha value is -3.25. The zero-order valence-corrected chi connectivity index (χ0v) is 16.5. The fourth-order valence-corrected chi connectivity index (χ4v) is 3.33. The second-order valence-electron chi connectivity index (χ2n) is 6.89. The SMILES string of the molecule is COc1ccc(NC(=O)O[C@@H](c2ccc(O)c3ccccc23)[C@@H](C)CCO)cc1. The number of hydrogen-bond donors (Lipinski definition) is 3. The number of ether oxygens (including phenoxy) is 2. The van der Waals surface area contributed by atoms with Crippen LogP contribution in [0.25, 0.3) is 10.8 Å². The van der Waals surface area contributed by atoms with Crippen LogP contribution in [-0.4, -0.2) is 30.0 Å². The third-order valence-electron chi connectivity index (χ3n) is 4.91. The number of aliphatic hydroxyl groups is 1. The third kappa shape index (κ3) is 4.78. The van der Waals surface area contributed by atoms with Crippen molar-refractivity contribution in [2.75, 3.05) is 19.0 Å². The maximum atomic E-state index is 12.6. The molecule has 0 unspecified atom stereocenters. The number of carbonyl (C=O) groups is 1. The van der Waals surface area contributed by atoms with E-state index in [1.165, 1.54) is 0 Å². The van der Waals surface area contributed by atoms with Gasteiger partial charge in [-0.05, 0) is 48.1 Å². The van der Waals surface area contributed by atoms with Crippen molar-refractivity contribution in [3.05, 3.63) is 66.2 Å². The molecule has 152 valence electrons. The predicted molar refractivity (Wildman–Crippen MR) is 112 cm³/mol. The van der Waals surface area contributed by atoms with E-state index in [2.05, 4.69) is 5.32 Å². The van der Waals surface area contributed by atoms with E-state index < -0.39 is 12.2 Å². The summed E-state index contributed by atoms with van der Waals surface area (Å²) in [5.74, 6) is 0.726. The molecule has 29 heavy (non-hydrogen) atoms. The summed E-state index contributed by atoms with van der Waals surface area (Å²) >= 11 is 0. The monoisotopic (exact) mass is 395 g/mol. The first-order chi connectivity index (χ1) is 14.0. The van der Waals surface area contributed by atoms with Crippen molar-refractivity contribution in [2.45, 2.75) is 19.4 Å². The summed E-state index contributed by atoms with van der Waals surface area (Å²) in [5.41, 5.74) is 1.36. The Bertz CT molecular complexity index is 971. The van der Waals surface area contributed by atoms with Crippen LogP contribution in [0.15, 0.2) is 60.7 Å². The van der Waals surface area contributed by atoms with Gasteiger partial charge in [0.25, 0.3) is 0 Å². The summed E-state index contributed by atoms with van der Waals surface area (Å²) in [7, 11) is 1.58. The number of nitrogens with one attached hydrogen (secondary N) is 1. The van der Waals surface area contributed by atoms with Gasteiger partial charge in [0.2, 0.25) is 0 Å². The van der Waals surface area contributed by atoms with Gasteiger partial charge in [0, 0.05) is 23.2 Å². The molecule has 0 aliphatic heterocycles. The van der Waals surface area contributed by atoms with Crippen LogP contribution in [-0.2, 0) is 4.74 Å². The number of amides is 1. The van der Waals surface area contributed by atoms with Crippen molar-refractivity contribution in [3.63, 3.8) is 0 Å². The van der Waals surface area contributed by atoms with Gasteiger partial charge in [0.05, 0.1) is 7.11 Å². The lowest BCUT2D eigenvalue weighted by molar-refractivity contribution is 0.0676. The highest BCUT2D eigenvalue weighted by Crippen LogP contribution is 2.36. The number of hydrogen-bond acceptors (Lipinski definition) is 5. The topological polar surface area (TPSA) is 88.0 Å². The average Bonchev–Trinajstić information content (AvgIpc) is 2.73. The lowest BCUT2D eigenvalue weighted by Crippen LogP contribution is -2.22. The van der Waals surface area contributed by atoms with Gasteiger partial charge in [-0.3, -0.25) is 5.32 Å². The van der Waals surface area contributed by atoms with Crippen molar-refractivity contribution in [3.8, 4) is 11.5 Å². The average molecular weight is 395 g/mol. The molecule has 0 radical (unpaired) electrons. The molecule has 0 aliphatic rings. The standard InChI is InChI=1S/C23H25NO5/c1-15(13-14-25)22(20-11-12-21(26)19-6-4-3-5-18(19)20)29-23(27)24-16-7-9-17(28-2)10-8-16/h3-12,15,22,25-26H,13-14H2,1-2H3,(H,24,27)/t15-,22+/m0/s1.